The van der Waals surface area contributed by atoms with Gasteiger partial charge in [-0.05, 0) is 25.7 Å². The van der Waals surface area contributed by atoms with Crippen molar-refractivity contribution in [1.29, 1.82) is 0 Å². The van der Waals surface area contributed by atoms with Gasteiger partial charge in [-0.3, -0.25) is 4.79 Å². The molecule has 0 aromatic rings. The van der Waals surface area contributed by atoms with Crippen LogP contribution in [0.2, 0.25) is 0 Å². The lowest BCUT2D eigenvalue weighted by molar-refractivity contribution is -0.125. The van der Waals surface area contributed by atoms with Gasteiger partial charge in [0.25, 0.3) is 0 Å². The summed E-state index contributed by atoms with van der Waals surface area (Å²) >= 11 is 0. The number of unbranched alkanes of at least 4 members (excludes halogenated alkanes) is 10. The third-order valence-corrected chi connectivity index (χ3v) is 5.09. The molecule has 0 fully saturated rings. The Balaban J connectivity index is 3.75. The Kier molecular flexibility index (Phi) is 13.5. The third-order valence-electron chi connectivity index (χ3n) is 5.09. The van der Waals surface area contributed by atoms with Crippen molar-refractivity contribution in [2.75, 3.05) is 0 Å². The van der Waals surface area contributed by atoms with Crippen LogP contribution in [0.1, 0.15) is 111 Å². The van der Waals surface area contributed by atoms with Gasteiger partial charge in [-0.25, -0.2) is 0 Å². The summed E-state index contributed by atoms with van der Waals surface area (Å²) in [5, 5.41) is 0. The van der Waals surface area contributed by atoms with Gasteiger partial charge in [0, 0.05) is 5.41 Å². The standard InChI is InChI=1S/C22H42O/c1-6-8-9-10-11-12-13-14-15-16-17-18-22(7-2,21(5)23)19-20(3)4/h7,20H,2,6,8-19H2,1,3-5H3. The summed E-state index contributed by atoms with van der Waals surface area (Å²) in [5.41, 5.74) is -0.270. The fourth-order valence-corrected chi connectivity index (χ4v) is 3.58. The molecule has 0 aliphatic rings. The van der Waals surface area contributed by atoms with Gasteiger partial charge in [-0.15, -0.1) is 6.58 Å². The molecule has 23 heavy (non-hydrogen) atoms. The second-order valence-electron chi connectivity index (χ2n) is 7.80. The normalized spacial score (nSPS) is 14.0. The van der Waals surface area contributed by atoms with Crippen molar-refractivity contribution in [2.24, 2.45) is 11.3 Å². The van der Waals surface area contributed by atoms with Crippen molar-refractivity contribution in [3.05, 3.63) is 12.7 Å². The summed E-state index contributed by atoms with van der Waals surface area (Å²) in [6.07, 6.45) is 18.7. The predicted molar refractivity (Wildman–Crippen MR) is 104 cm³/mol. The van der Waals surface area contributed by atoms with Gasteiger partial charge >= 0.3 is 0 Å². The van der Waals surface area contributed by atoms with Gasteiger partial charge in [-0.1, -0.05) is 97.5 Å². The highest BCUT2D eigenvalue weighted by Crippen LogP contribution is 2.35. The van der Waals surface area contributed by atoms with Gasteiger partial charge in [0.05, 0.1) is 0 Å². The Morgan fingerprint density at radius 3 is 1.70 bits per heavy atom. The van der Waals surface area contributed by atoms with Crippen molar-refractivity contribution in [1.82, 2.24) is 0 Å². The number of rotatable bonds is 16. The Morgan fingerprint density at radius 2 is 1.35 bits per heavy atom. The van der Waals surface area contributed by atoms with E-state index in [-0.39, 0.29) is 5.41 Å². The van der Waals surface area contributed by atoms with Gasteiger partial charge in [0.1, 0.15) is 5.78 Å². The number of carbonyl (C=O) groups excluding carboxylic acids is 1. The molecule has 0 rings (SSSR count). The molecule has 0 N–H and O–H groups in total. The van der Waals surface area contributed by atoms with Crippen LogP contribution in [0.5, 0.6) is 0 Å². The van der Waals surface area contributed by atoms with E-state index >= 15 is 0 Å². The van der Waals surface area contributed by atoms with Crippen molar-refractivity contribution in [2.45, 2.75) is 111 Å². The molecule has 0 radical (unpaired) electrons. The zero-order valence-corrected chi connectivity index (χ0v) is 16.5. The van der Waals surface area contributed by atoms with E-state index < -0.39 is 0 Å². The molecule has 1 nitrogen and oxygen atoms in total. The first-order chi connectivity index (χ1) is 11.0. The summed E-state index contributed by atoms with van der Waals surface area (Å²) < 4.78 is 0. The van der Waals surface area contributed by atoms with Crippen LogP contribution in [-0.4, -0.2) is 5.78 Å². The highest BCUT2D eigenvalue weighted by Gasteiger charge is 2.31. The molecule has 0 heterocycles. The Hall–Kier alpha value is -0.590. The van der Waals surface area contributed by atoms with Crippen LogP contribution in [0.25, 0.3) is 0 Å². The third kappa shape index (κ3) is 10.7. The Morgan fingerprint density at radius 1 is 0.913 bits per heavy atom. The molecule has 0 aliphatic heterocycles. The van der Waals surface area contributed by atoms with Crippen molar-refractivity contribution < 1.29 is 4.79 Å². The summed E-state index contributed by atoms with van der Waals surface area (Å²) in [6, 6.07) is 0. The van der Waals surface area contributed by atoms with Gasteiger partial charge in [0.15, 0.2) is 0 Å². The minimum absolute atomic E-state index is 0.270. The second kappa shape index (κ2) is 13.8. The molecular formula is C22H42O. The number of ketones is 1. The molecule has 1 atom stereocenters. The lowest BCUT2D eigenvalue weighted by atomic mass is 9.73. The number of Topliss-reactive ketones (excluding diaryl/α,β-unsaturated/α-hetero) is 1. The predicted octanol–water partition coefficient (Wildman–Crippen LogP) is 7.50. The number of hydrogen-bond donors (Lipinski definition) is 0. The van der Waals surface area contributed by atoms with Crippen molar-refractivity contribution >= 4 is 5.78 Å². The quantitative estimate of drug-likeness (QED) is 0.212. The minimum atomic E-state index is -0.270. The Bertz CT molecular complexity index is 305. The van der Waals surface area contributed by atoms with Crippen LogP contribution in [-0.2, 0) is 4.79 Å². The zero-order chi connectivity index (χ0) is 17.6. The van der Waals surface area contributed by atoms with E-state index in [0.717, 1.165) is 19.3 Å². The van der Waals surface area contributed by atoms with E-state index in [2.05, 4.69) is 27.4 Å². The maximum atomic E-state index is 12.1. The molecule has 0 aromatic heterocycles. The molecule has 0 spiro atoms. The molecule has 0 saturated heterocycles. The lowest BCUT2D eigenvalue weighted by Gasteiger charge is -2.29. The first-order valence-corrected chi connectivity index (χ1v) is 10.1. The van der Waals surface area contributed by atoms with E-state index in [4.69, 9.17) is 0 Å². The maximum absolute atomic E-state index is 12.1. The topological polar surface area (TPSA) is 17.1 Å². The van der Waals surface area contributed by atoms with Gasteiger partial charge in [0.2, 0.25) is 0 Å². The minimum Gasteiger partial charge on any atom is -0.299 e. The van der Waals surface area contributed by atoms with Crippen LogP contribution >= 0.6 is 0 Å². The number of allylic oxidation sites excluding steroid dienone is 1. The van der Waals surface area contributed by atoms with Gasteiger partial charge < -0.3 is 0 Å². The van der Waals surface area contributed by atoms with E-state index in [1.54, 1.807) is 6.92 Å². The summed E-state index contributed by atoms with van der Waals surface area (Å²) in [5.74, 6) is 0.845. The maximum Gasteiger partial charge on any atom is 0.139 e. The molecule has 0 saturated carbocycles. The molecule has 0 aromatic carbocycles. The number of carbonyl (C=O) groups is 1. The van der Waals surface area contributed by atoms with Crippen molar-refractivity contribution in [3.8, 4) is 0 Å². The van der Waals surface area contributed by atoms with Crippen LogP contribution in [0.3, 0.4) is 0 Å². The number of hydrogen-bond acceptors (Lipinski definition) is 1. The molecule has 0 amide bonds. The van der Waals surface area contributed by atoms with Crippen LogP contribution in [0.4, 0.5) is 0 Å². The summed E-state index contributed by atoms with van der Waals surface area (Å²) in [7, 11) is 0. The smallest absolute Gasteiger partial charge is 0.139 e. The monoisotopic (exact) mass is 322 g/mol. The SMILES string of the molecule is C=CC(CCCCCCCCCCCCC)(CC(C)C)C(C)=O. The van der Waals surface area contributed by atoms with E-state index in [9.17, 15) is 4.79 Å². The molecule has 1 unspecified atom stereocenters. The first kappa shape index (κ1) is 22.4. The van der Waals surface area contributed by atoms with E-state index in [1.165, 1.54) is 64.2 Å². The Labute approximate surface area is 146 Å². The molecule has 0 bridgehead atoms. The highest BCUT2D eigenvalue weighted by atomic mass is 16.1. The first-order valence-electron chi connectivity index (χ1n) is 10.1. The second-order valence-corrected chi connectivity index (χ2v) is 7.80. The fraction of sp³-hybridized carbons (Fsp3) is 0.864. The summed E-state index contributed by atoms with van der Waals surface area (Å²) in [4.78, 5) is 12.1. The van der Waals surface area contributed by atoms with E-state index in [1.807, 2.05) is 6.08 Å². The summed E-state index contributed by atoms with van der Waals surface area (Å²) in [6.45, 7) is 12.4. The zero-order valence-electron chi connectivity index (χ0n) is 16.5. The van der Waals surface area contributed by atoms with Gasteiger partial charge in [-0.2, -0.15) is 0 Å². The average molecular weight is 323 g/mol. The fourth-order valence-electron chi connectivity index (χ4n) is 3.58. The molecule has 136 valence electrons. The largest absolute Gasteiger partial charge is 0.299 e. The molecular weight excluding hydrogens is 280 g/mol. The van der Waals surface area contributed by atoms with E-state index in [0.29, 0.717) is 11.7 Å². The van der Waals surface area contributed by atoms with Crippen LogP contribution in [0, 0.1) is 11.3 Å². The average Bonchev–Trinajstić information content (AvgIpc) is 2.50. The highest BCUT2D eigenvalue weighted by molar-refractivity contribution is 5.84. The molecule has 0 aliphatic carbocycles. The molecule has 1 heteroatoms. The lowest BCUT2D eigenvalue weighted by Crippen LogP contribution is -2.28. The van der Waals surface area contributed by atoms with Crippen LogP contribution < -0.4 is 0 Å². The van der Waals surface area contributed by atoms with Crippen LogP contribution in [0.15, 0.2) is 12.7 Å². The van der Waals surface area contributed by atoms with Crippen molar-refractivity contribution in [3.63, 3.8) is 0 Å².